The Morgan fingerprint density at radius 1 is 1.06 bits per heavy atom. The van der Waals surface area contributed by atoms with E-state index in [9.17, 15) is 4.39 Å². The minimum absolute atomic E-state index is 0.271. The summed E-state index contributed by atoms with van der Waals surface area (Å²) in [5.41, 5.74) is 3.84. The Morgan fingerprint density at radius 2 is 1.91 bits per heavy atom. The number of rotatable bonds is 6. The first-order chi connectivity index (χ1) is 16.5. The third kappa shape index (κ3) is 5.18. The van der Waals surface area contributed by atoms with Crippen molar-refractivity contribution in [1.29, 1.82) is 0 Å². The summed E-state index contributed by atoms with van der Waals surface area (Å²) in [4.78, 5) is 15.8. The Morgan fingerprint density at radius 3 is 2.76 bits per heavy atom. The number of hydrogen-bond acceptors (Lipinski definition) is 7. The SMILES string of the molecule is Cc1cc(N2CCSCC2)nc(NCc2cc(Nc3ccnc4cc(Cl)ccc34)ccc2F)n1. The number of aromatic nitrogens is 3. The van der Waals surface area contributed by atoms with Crippen molar-refractivity contribution >= 4 is 57.4 Å². The van der Waals surface area contributed by atoms with Crippen molar-refractivity contribution in [2.24, 2.45) is 0 Å². The number of aryl methyl sites for hydroxylation is 1. The lowest BCUT2D eigenvalue weighted by atomic mass is 10.1. The van der Waals surface area contributed by atoms with E-state index in [-0.39, 0.29) is 12.4 Å². The molecule has 0 atom stereocenters. The van der Waals surface area contributed by atoms with Gasteiger partial charge in [-0.25, -0.2) is 9.37 Å². The fraction of sp³-hybridized carbons (Fsp3) is 0.240. The number of thioether (sulfide) groups is 1. The van der Waals surface area contributed by atoms with Gasteiger partial charge < -0.3 is 15.5 Å². The molecule has 0 saturated carbocycles. The van der Waals surface area contributed by atoms with Gasteiger partial charge in [0.05, 0.1) is 5.52 Å². The smallest absolute Gasteiger partial charge is 0.225 e. The Balaban J connectivity index is 1.34. The molecule has 1 saturated heterocycles. The molecule has 0 unspecified atom stereocenters. The van der Waals surface area contributed by atoms with E-state index in [2.05, 4.69) is 30.5 Å². The first-order valence-electron chi connectivity index (χ1n) is 11.1. The maximum Gasteiger partial charge on any atom is 0.225 e. The van der Waals surface area contributed by atoms with Gasteiger partial charge in [-0.3, -0.25) is 4.98 Å². The summed E-state index contributed by atoms with van der Waals surface area (Å²) in [5, 5.41) is 8.15. The molecular weight excluding hydrogens is 471 g/mol. The van der Waals surface area contributed by atoms with Gasteiger partial charge in [-0.05, 0) is 49.4 Å². The average Bonchev–Trinajstić information content (AvgIpc) is 2.84. The van der Waals surface area contributed by atoms with Gasteiger partial charge in [-0.2, -0.15) is 16.7 Å². The van der Waals surface area contributed by atoms with E-state index >= 15 is 0 Å². The van der Waals surface area contributed by atoms with E-state index in [1.54, 1.807) is 18.3 Å². The van der Waals surface area contributed by atoms with Crippen molar-refractivity contribution in [3.8, 4) is 0 Å². The number of hydrogen-bond donors (Lipinski definition) is 2. The van der Waals surface area contributed by atoms with Gasteiger partial charge in [0.15, 0.2) is 0 Å². The number of nitrogens with one attached hydrogen (secondary N) is 2. The molecule has 174 valence electrons. The average molecular weight is 495 g/mol. The van der Waals surface area contributed by atoms with Crippen LogP contribution in [0.5, 0.6) is 0 Å². The third-order valence-corrected chi connectivity index (χ3v) is 6.82. The van der Waals surface area contributed by atoms with E-state index in [1.165, 1.54) is 6.07 Å². The number of halogens is 2. The molecule has 2 N–H and O–H groups in total. The molecule has 0 spiro atoms. The van der Waals surface area contributed by atoms with Crippen molar-refractivity contribution in [2.75, 3.05) is 40.1 Å². The monoisotopic (exact) mass is 494 g/mol. The predicted molar refractivity (Wildman–Crippen MR) is 140 cm³/mol. The van der Waals surface area contributed by atoms with Crippen molar-refractivity contribution in [3.05, 3.63) is 76.8 Å². The Hall–Kier alpha value is -3.10. The number of fused-ring (bicyclic) bond motifs is 1. The third-order valence-electron chi connectivity index (χ3n) is 5.64. The van der Waals surface area contributed by atoms with E-state index in [0.29, 0.717) is 16.5 Å². The molecular formula is C25H24ClFN6S. The van der Waals surface area contributed by atoms with Crippen LogP contribution in [0.3, 0.4) is 0 Å². The molecule has 2 aromatic carbocycles. The van der Waals surface area contributed by atoms with Gasteiger partial charge in [0.1, 0.15) is 11.6 Å². The maximum absolute atomic E-state index is 14.6. The standard InChI is InChI=1S/C25H24ClFN6S/c1-16-12-24(33-8-10-34-11-9-33)32-25(30-16)29-15-17-13-19(3-5-21(17)27)31-22-6-7-28-23-14-18(26)2-4-20(22)23/h2-7,12-14H,8-11,15H2,1H3,(H,28,31)(H,29,30,32). The molecule has 0 amide bonds. The molecule has 3 heterocycles. The number of nitrogens with zero attached hydrogens (tertiary/aromatic N) is 4. The van der Waals surface area contributed by atoms with Crippen LogP contribution in [0.2, 0.25) is 5.02 Å². The summed E-state index contributed by atoms with van der Waals surface area (Å²) in [6.07, 6.45) is 1.72. The number of anilines is 4. The molecule has 4 aromatic rings. The highest BCUT2D eigenvalue weighted by atomic mass is 35.5. The Kier molecular flexibility index (Phi) is 6.69. The van der Waals surface area contributed by atoms with E-state index in [1.807, 2.05) is 49.0 Å². The molecule has 6 nitrogen and oxygen atoms in total. The highest BCUT2D eigenvalue weighted by Crippen LogP contribution is 2.28. The first-order valence-corrected chi connectivity index (χ1v) is 12.6. The zero-order chi connectivity index (χ0) is 23.5. The summed E-state index contributed by atoms with van der Waals surface area (Å²) < 4.78 is 14.6. The van der Waals surface area contributed by atoms with Gasteiger partial charge in [0.2, 0.25) is 5.95 Å². The van der Waals surface area contributed by atoms with Crippen LogP contribution in [-0.2, 0) is 6.54 Å². The van der Waals surface area contributed by atoms with E-state index in [0.717, 1.165) is 58.4 Å². The van der Waals surface area contributed by atoms with E-state index < -0.39 is 0 Å². The second-order valence-corrected chi connectivity index (χ2v) is 9.76. The highest BCUT2D eigenvalue weighted by Gasteiger charge is 2.14. The lowest BCUT2D eigenvalue weighted by molar-refractivity contribution is 0.613. The fourth-order valence-corrected chi connectivity index (χ4v) is 5.00. The van der Waals surface area contributed by atoms with Gasteiger partial charge in [0, 0.05) is 76.4 Å². The molecule has 0 radical (unpaired) electrons. The molecule has 0 aliphatic carbocycles. The number of pyridine rings is 1. The maximum atomic E-state index is 14.6. The van der Waals surface area contributed by atoms with Crippen LogP contribution in [0.25, 0.3) is 10.9 Å². The Labute approximate surface area is 207 Å². The zero-order valence-corrected chi connectivity index (χ0v) is 20.3. The predicted octanol–water partition coefficient (Wildman–Crippen LogP) is 6.03. The highest BCUT2D eigenvalue weighted by molar-refractivity contribution is 7.99. The molecule has 1 aliphatic heterocycles. The van der Waals surface area contributed by atoms with Gasteiger partial charge in [0.25, 0.3) is 0 Å². The van der Waals surface area contributed by atoms with Crippen LogP contribution in [0, 0.1) is 12.7 Å². The zero-order valence-electron chi connectivity index (χ0n) is 18.7. The van der Waals surface area contributed by atoms with Crippen LogP contribution in [0.1, 0.15) is 11.3 Å². The molecule has 9 heteroatoms. The summed E-state index contributed by atoms with van der Waals surface area (Å²) in [7, 11) is 0. The fourth-order valence-electron chi connectivity index (χ4n) is 3.93. The molecule has 1 fully saturated rings. The topological polar surface area (TPSA) is 66.0 Å². The Bertz CT molecular complexity index is 1330. The van der Waals surface area contributed by atoms with Crippen LogP contribution in [0.4, 0.5) is 27.5 Å². The molecule has 34 heavy (non-hydrogen) atoms. The minimum atomic E-state index is -0.287. The quantitative estimate of drug-likeness (QED) is 0.339. The number of benzene rings is 2. The second kappa shape index (κ2) is 10.0. The summed E-state index contributed by atoms with van der Waals surface area (Å²) in [6.45, 7) is 4.16. The molecule has 0 bridgehead atoms. The van der Waals surface area contributed by atoms with Crippen molar-refractivity contribution in [3.63, 3.8) is 0 Å². The van der Waals surface area contributed by atoms with Crippen molar-refractivity contribution in [2.45, 2.75) is 13.5 Å². The van der Waals surface area contributed by atoms with Gasteiger partial charge >= 0.3 is 0 Å². The molecule has 1 aliphatic rings. The minimum Gasteiger partial charge on any atom is -0.355 e. The van der Waals surface area contributed by atoms with Crippen LogP contribution in [0.15, 0.2) is 54.7 Å². The largest absolute Gasteiger partial charge is 0.355 e. The van der Waals surface area contributed by atoms with Crippen molar-refractivity contribution in [1.82, 2.24) is 15.0 Å². The molecule has 5 rings (SSSR count). The second-order valence-electron chi connectivity index (χ2n) is 8.10. The summed E-state index contributed by atoms with van der Waals surface area (Å²) in [5.74, 6) is 3.32. The summed E-state index contributed by atoms with van der Waals surface area (Å²) in [6, 6.07) is 14.4. The van der Waals surface area contributed by atoms with Crippen molar-refractivity contribution < 1.29 is 4.39 Å². The van der Waals surface area contributed by atoms with Gasteiger partial charge in [-0.1, -0.05) is 11.6 Å². The summed E-state index contributed by atoms with van der Waals surface area (Å²) >= 11 is 8.05. The van der Waals surface area contributed by atoms with E-state index in [4.69, 9.17) is 11.6 Å². The normalized spacial score (nSPS) is 13.8. The lowest BCUT2D eigenvalue weighted by Gasteiger charge is -2.27. The van der Waals surface area contributed by atoms with Crippen LogP contribution < -0.4 is 15.5 Å². The first kappa shape index (κ1) is 22.7. The lowest BCUT2D eigenvalue weighted by Crippen LogP contribution is -2.33. The molecule has 2 aromatic heterocycles. The van der Waals surface area contributed by atoms with Crippen LogP contribution in [-0.4, -0.2) is 39.5 Å². The van der Waals surface area contributed by atoms with Gasteiger partial charge in [-0.15, -0.1) is 0 Å². The van der Waals surface area contributed by atoms with Crippen LogP contribution >= 0.6 is 23.4 Å².